The van der Waals surface area contributed by atoms with Gasteiger partial charge < -0.3 is 10.4 Å². The van der Waals surface area contributed by atoms with E-state index in [-0.39, 0.29) is 0 Å². The Morgan fingerprint density at radius 2 is 1.94 bits per heavy atom. The number of nitrogens with one attached hydrogen (secondary N) is 1. The number of nitrogens with zero attached hydrogens (tertiary/aromatic N) is 2. The lowest BCUT2D eigenvalue weighted by atomic mass is 9.86. The number of rotatable bonds is 3. The number of aliphatic hydroxyl groups is 1. The maximum atomic E-state index is 10.1. The van der Waals surface area contributed by atoms with E-state index in [1.807, 2.05) is 42.6 Å². The van der Waals surface area contributed by atoms with E-state index in [0.29, 0.717) is 0 Å². The second kappa shape index (κ2) is 3.74. The topological polar surface area (TPSA) is 49.6 Å². The summed E-state index contributed by atoms with van der Waals surface area (Å²) in [5.74, 6) is 0.923. The van der Waals surface area contributed by atoms with E-state index in [4.69, 9.17) is 0 Å². The van der Waals surface area contributed by atoms with Gasteiger partial charge in [-0.2, -0.15) is 0 Å². The Bertz CT molecular complexity index is 523. The summed E-state index contributed by atoms with van der Waals surface area (Å²) in [5, 5.41) is 13.5. The third-order valence-corrected chi connectivity index (χ3v) is 3.40. The van der Waals surface area contributed by atoms with Crippen LogP contribution in [-0.4, -0.2) is 25.6 Å². The van der Waals surface area contributed by atoms with Gasteiger partial charge in [-0.3, -0.25) is 4.40 Å². The highest BCUT2D eigenvalue weighted by molar-refractivity contribution is 5.51. The molecule has 0 aliphatic rings. The van der Waals surface area contributed by atoms with E-state index in [1.165, 1.54) is 0 Å². The van der Waals surface area contributed by atoms with Crippen molar-refractivity contribution in [2.45, 2.75) is 38.8 Å². The van der Waals surface area contributed by atoms with Crippen LogP contribution in [0.1, 0.15) is 27.7 Å². The van der Waals surface area contributed by atoms with Crippen molar-refractivity contribution < 1.29 is 5.11 Å². The first kappa shape index (κ1) is 11.9. The lowest BCUT2D eigenvalue weighted by Gasteiger charge is -2.38. The van der Waals surface area contributed by atoms with Crippen molar-refractivity contribution in [3.8, 4) is 0 Å². The minimum atomic E-state index is -0.824. The van der Waals surface area contributed by atoms with Crippen molar-refractivity contribution >= 4 is 11.5 Å². The summed E-state index contributed by atoms with van der Waals surface area (Å²) in [6.45, 7) is 7.55. The molecule has 0 aliphatic carbocycles. The molecule has 0 aromatic carbocycles. The molecule has 4 nitrogen and oxygen atoms in total. The Kier molecular flexibility index (Phi) is 2.62. The quantitative estimate of drug-likeness (QED) is 0.855. The fraction of sp³-hybridized carbons (Fsp3) is 0.462. The van der Waals surface area contributed by atoms with Gasteiger partial charge in [-0.05, 0) is 39.8 Å². The third kappa shape index (κ3) is 2.13. The zero-order valence-electron chi connectivity index (χ0n) is 10.7. The van der Waals surface area contributed by atoms with Gasteiger partial charge in [0.15, 0.2) is 0 Å². The van der Waals surface area contributed by atoms with Gasteiger partial charge in [0.25, 0.3) is 0 Å². The smallest absolute Gasteiger partial charge is 0.138 e. The van der Waals surface area contributed by atoms with Crippen LogP contribution in [0.25, 0.3) is 5.65 Å². The largest absolute Gasteiger partial charge is 0.388 e. The van der Waals surface area contributed by atoms with Crippen molar-refractivity contribution in [3.05, 3.63) is 30.6 Å². The predicted octanol–water partition coefficient (Wildman–Crippen LogP) is 2.30. The Balaban J connectivity index is 2.39. The Morgan fingerprint density at radius 3 is 2.59 bits per heavy atom. The predicted molar refractivity (Wildman–Crippen MR) is 69.2 cm³/mol. The molecule has 2 heterocycles. The first-order chi connectivity index (χ1) is 7.81. The van der Waals surface area contributed by atoms with Gasteiger partial charge in [-0.25, -0.2) is 4.98 Å². The van der Waals surface area contributed by atoms with Gasteiger partial charge in [0.05, 0.1) is 11.1 Å². The van der Waals surface area contributed by atoms with Crippen molar-refractivity contribution in [1.29, 1.82) is 0 Å². The first-order valence-electron chi connectivity index (χ1n) is 5.74. The number of aromatic nitrogens is 2. The number of hydrogen-bond acceptors (Lipinski definition) is 3. The molecule has 0 radical (unpaired) electrons. The van der Waals surface area contributed by atoms with Gasteiger partial charge >= 0.3 is 0 Å². The SMILES string of the molecule is CC(C)(O)C(C)(C)Nc1cccc2nccn12. The normalized spacial score (nSPS) is 13.0. The zero-order valence-corrected chi connectivity index (χ0v) is 10.7. The molecule has 0 atom stereocenters. The first-order valence-corrected chi connectivity index (χ1v) is 5.74. The van der Waals surface area contributed by atoms with Gasteiger partial charge in [0, 0.05) is 12.4 Å². The van der Waals surface area contributed by atoms with Crippen LogP contribution in [-0.2, 0) is 0 Å². The van der Waals surface area contributed by atoms with E-state index < -0.39 is 11.1 Å². The highest BCUT2D eigenvalue weighted by Crippen LogP contribution is 2.26. The average Bonchev–Trinajstić information content (AvgIpc) is 2.64. The van der Waals surface area contributed by atoms with Gasteiger partial charge in [0.1, 0.15) is 11.5 Å². The Hall–Kier alpha value is -1.55. The van der Waals surface area contributed by atoms with Crippen molar-refractivity contribution in [1.82, 2.24) is 9.38 Å². The third-order valence-electron chi connectivity index (χ3n) is 3.40. The fourth-order valence-corrected chi connectivity index (χ4v) is 1.52. The highest BCUT2D eigenvalue weighted by Gasteiger charge is 2.35. The molecule has 0 aliphatic heterocycles. The zero-order chi connectivity index (χ0) is 12.7. The van der Waals surface area contributed by atoms with Crippen LogP contribution in [0, 0.1) is 0 Å². The summed E-state index contributed by atoms with van der Waals surface area (Å²) in [6, 6.07) is 5.87. The molecule has 0 saturated carbocycles. The molecule has 4 heteroatoms. The molecular formula is C13H19N3O. The van der Waals surface area contributed by atoms with Crippen LogP contribution in [0.3, 0.4) is 0 Å². The number of imidazole rings is 1. The molecule has 0 bridgehead atoms. The minimum absolute atomic E-state index is 0.439. The van der Waals surface area contributed by atoms with Gasteiger partial charge in [-0.1, -0.05) is 6.07 Å². The second-order valence-corrected chi connectivity index (χ2v) is 5.38. The summed E-state index contributed by atoms with van der Waals surface area (Å²) in [6.07, 6.45) is 3.66. The van der Waals surface area contributed by atoms with Crippen molar-refractivity contribution in [2.24, 2.45) is 0 Å². The summed E-state index contributed by atoms with van der Waals surface area (Å²) in [5.41, 5.74) is -0.372. The molecule has 0 amide bonds. The molecule has 0 unspecified atom stereocenters. The number of pyridine rings is 1. The minimum Gasteiger partial charge on any atom is -0.388 e. The van der Waals surface area contributed by atoms with E-state index in [9.17, 15) is 5.11 Å². The summed E-state index contributed by atoms with van der Waals surface area (Å²) in [7, 11) is 0. The number of fused-ring (bicyclic) bond motifs is 1. The van der Waals surface area contributed by atoms with E-state index in [2.05, 4.69) is 10.3 Å². The van der Waals surface area contributed by atoms with Crippen LogP contribution >= 0.6 is 0 Å². The van der Waals surface area contributed by atoms with E-state index in [0.717, 1.165) is 11.5 Å². The molecule has 2 N–H and O–H groups in total. The summed E-state index contributed by atoms with van der Waals surface area (Å²) >= 11 is 0. The van der Waals surface area contributed by atoms with Crippen molar-refractivity contribution in [3.63, 3.8) is 0 Å². The standard InChI is InChI=1S/C13H19N3O/c1-12(2,13(3,4)17)15-11-7-5-6-10-14-8-9-16(10)11/h5-9,15,17H,1-4H3. The molecule has 17 heavy (non-hydrogen) atoms. The monoisotopic (exact) mass is 233 g/mol. The molecule has 2 rings (SSSR count). The Labute approximate surface area is 101 Å². The Morgan fingerprint density at radius 1 is 1.24 bits per heavy atom. The maximum Gasteiger partial charge on any atom is 0.138 e. The van der Waals surface area contributed by atoms with Gasteiger partial charge in [0.2, 0.25) is 0 Å². The van der Waals surface area contributed by atoms with Crippen LogP contribution in [0.15, 0.2) is 30.6 Å². The molecule has 0 fully saturated rings. The summed E-state index contributed by atoms with van der Waals surface area (Å²) < 4.78 is 1.97. The van der Waals surface area contributed by atoms with E-state index >= 15 is 0 Å². The average molecular weight is 233 g/mol. The summed E-state index contributed by atoms with van der Waals surface area (Å²) in [4.78, 5) is 4.23. The molecule has 0 spiro atoms. The van der Waals surface area contributed by atoms with Crippen LogP contribution in [0.4, 0.5) is 5.82 Å². The highest BCUT2D eigenvalue weighted by atomic mass is 16.3. The molecule has 0 saturated heterocycles. The van der Waals surface area contributed by atoms with Gasteiger partial charge in [-0.15, -0.1) is 0 Å². The molecular weight excluding hydrogens is 214 g/mol. The molecule has 2 aromatic rings. The van der Waals surface area contributed by atoms with E-state index in [1.54, 1.807) is 20.0 Å². The lowest BCUT2D eigenvalue weighted by Crippen LogP contribution is -2.51. The fourth-order valence-electron chi connectivity index (χ4n) is 1.52. The number of anilines is 1. The van der Waals surface area contributed by atoms with Crippen molar-refractivity contribution in [2.75, 3.05) is 5.32 Å². The number of hydrogen-bond donors (Lipinski definition) is 2. The lowest BCUT2D eigenvalue weighted by molar-refractivity contribution is 0.0238. The van der Waals surface area contributed by atoms with Crippen LogP contribution < -0.4 is 5.32 Å². The molecule has 92 valence electrons. The second-order valence-electron chi connectivity index (χ2n) is 5.38. The van der Waals surface area contributed by atoms with Crippen LogP contribution in [0.5, 0.6) is 0 Å². The van der Waals surface area contributed by atoms with Crippen LogP contribution in [0.2, 0.25) is 0 Å². The molecule has 2 aromatic heterocycles. The maximum absolute atomic E-state index is 10.1.